The first kappa shape index (κ1) is 31.5. The molecular weight excluding hydrogens is 506 g/mol. The van der Waals surface area contributed by atoms with Crippen LogP contribution < -0.4 is 33.2 Å². The molecule has 206 valence electrons. The molecule has 0 bridgehead atoms. The molecular formula is C22H35N7O7S. The molecule has 0 aliphatic rings. The summed E-state index contributed by atoms with van der Waals surface area (Å²) in [4.78, 5) is 53.6. The fourth-order valence-corrected chi connectivity index (χ4v) is 3.32. The van der Waals surface area contributed by atoms with E-state index in [1.165, 1.54) is 31.2 Å². The number of hydrogen-bond acceptors (Lipinski definition) is 9. The minimum Gasteiger partial charge on any atom is -0.508 e. The number of carbonyl (C=O) groups excluding carboxylic acids is 3. The van der Waals surface area contributed by atoms with Crippen LogP contribution in [0.2, 0.25) is 0 Å². The second-order valence-electron chi connectivity index (χ2n) is 8.29. The number of thiol groups is 1. The third kappa shape index (κ3) is 11.4. The Balaban J connectivity index is 2.92. The van der Waals surface area contributed by atoms with Crippen LogP contribution in [-0.2, 0) is 25.6 Å². The molecule has 37 heavy (non-hydrogen) atoms. The van der Waals surface area contributed by atoms with Crippen LogP contribution in [-0.4, -0.2) is 87.5 Å². The number of aliphatic hydroxyl groups excluding tert-OH is 1. The zero-order valence-electron chi connectivity index (χ0n) is 20.3. The van der Waals surface area contributed by atoms with Crippen molar-refractivity contribution in [3.63, 3.8) is 0 Å². The van der Waals surface area contributed by atoms with Gasteiger partial charge in [-0.25, -0.2) is 4.79 Å². The van der Waals surface area contributed by atoms with Gasteiger partial charge in [-0.15, -0.1) is 0 Å². The number of amides is 3. The van der Waals surface area contributed by atoms with Crippen molar-refractivity contribution >= 4 is 42.3 Å². The highest BCUT2D eigenvalue weighted by Gasteiger charge is 2.30. The number of aliphatic carboxylic acids is 1. The van der Waals surface area contributed by atoms with Crippen LogP contribution in [0.5, 0.6) is 5.75 Å². The van der Waals surface area contributed by atoms with E-state index in [2.05, 4.69) is 33.6 Å². The van der Waals surface area contributed by atoms with E-state index >= 15 is 0 Å². The van der Waals surface area contributed by atoms with Crippen molar-refractivity contribution in [2.24, 2.45) is 22.2 Å². The number of carboxylic acids is 1. The van der Waals surface area contributed by atoms with Crippen molar-refractivity contribution in [3.8, 4) is 5.75 Å². The molecule has 14 nitrogen and oxygen atoms in total. The highest BCUT2D eigenvalue weighted by Crippen LogP contribution is 2.12. The van der Waals surface area contributed by atoms with Gasteiger partial charge >= 0.3 is 5.97 Å². The van der Waals surface area contributed by atoms with Gasteiger partial charge in [0.15, 0.2) is 5.96 Å². The van der Waals surface area contributed by atoms with E-state index in [0.717, 1.165) is 0 Å². The topological polar surface area (TPSA) is 255 Å². The summed E-state index contributed by atoms with van der Waals surface area (Å²) < 4.78 is 0. The second kappa shape index (κ2) is 15.5. The van der Waals surface area contributed by atoms with Crippen LogP contribution in [0.25, 0.3) is 0 Å². The third-order valence-electron chi connectivity index (χ3n) is 5.21. The fraction of sp³-hybridized carbons (Fsp3) is 0.500. The number of aromatic hydroxyl groups is 1. The number of carbonyl (C=O) groups is 4. The Bertz CT molecular complexity index is 955. The highest BCUT2D eigenvalue weighted by atomic mass is 32.1. The van der Waals surface area contributed by atoms with Crippen molar-refractivity contribution in [1.29, 1.82) is 0 Å². The standard InChI is InChI=1S/C22H35N7O7S/c1-11(30)17(23)20(34)27-14(3-2-8-26-22(24)25)18(32)29-16(10-37)19(33)28-15(21(35)36)9-12-4-6-13(31)7-5-12/h4-7,11,14-17,30-31,37H,2-3,8-10,23H2,1H3,(H,27,34)(H,28,33)(H,29,32)(H,35,36)(H4,24,25,26). The van der Waals surface area contributed by atoms with E-state index in [4.69, 9.17) is 17.2 Å². The summed E-state index contributed by atoms with van der Waals surface area (Å²) >= 11 is 4.08. The zero-order valence-corrected chi connectivity index (χ0v) is 21.2. The van der Waals surface area contributed by atoms with Gasteiger partial charge in [0, 0.05) is 18.7 Å². The zero-order chi connectivity index (χ0) is 28.1. The van der Waals surface area contributed by atoms with Crippen LogP contribution in [0.3, 0.4) is 0 Å². The molecule has 0 radical (unpaired) electrons. The lowest BCUT2D eigenvalue weighted by Gasteiger charge is -2.25. The SMILES string of the molecule is CC(O)C(N)C(=O)NC(CCCN=C(N)N)C(=O)NC(CS)C(=O)NC(Cc1ccc(O)cc1)C(=O)O. The quantitative estimate of drug-likeness (QED) is 0.0471. The van der Waals surface area contributed by atoms with E-state index < -0.39 is 54.0 Å². The number of carboxylic acid groups (broad SMARTS) is 1. The van der Waals surface area contributed by atoms with Crippen LogP contribution in [0.1, 0.15) is 25.3 Å². The molecule has 3 amide bonds. The van der Waals surface area contributed by atoms with Crippen molar-refractivity contribution in [3.05, 3.63) is 29.8 Å². The summed E-state index contributed by atoms with van der Waals surface area (Å²) in [5, 5.41) is 35.7. The molecule has 5 unspecified atom stereocenters. The number of hydrogen-bond donors (Lipinski definition) is 10. The number of nitrogens with zero attached hydrogens (tertiary/aromatic N) is 1. The lowest BCUT2D eigenvalue weighted by atomic mass is 10.1. The molecule has 0 saturated heterocycles. The Morgan fingerprint density at radius 1 is 0.973 bits per heavy atom. The van der Waals surface area contributed by atoms with E-state index in [1.807, 2.05) is 0 Å². The van der Waals surface area contributed by atoms with Gasteiger partial charge in [-0.3, -0.25) is 19.4 Å². The van der Waals surface area contributed by atoms with Gasteiger partial charge in [0.1, 0.15) is 29.9 Å². The third-order valence-corrected chi connectivity index (χ3v) is 5.57. The Morgan fingerprint density at radius 2 is 1.51 bits per heavy atom. The van der Waals surface area contributed by atoms with Crippen molar-refractivity contribution in [1.82, 2.24) is 16.0 Å². The molecule has 0 spiro atoms. The number of guanidine groups is 1. The maximum atomic E-state index is 12.9. The lowest BCUT2D eigenvalue weighted by molar-refractivity contribution is -0.142. The molecule has 1 aromatic rings. The number of aliphatic imine (C=N–C) groups is 1. The Morgan fingerprint density at radius 3 is 2.03 bits per heavy atom. The Hall–Kier alpha value is -3.56. The van der Waals surface area contributed by atoms with Crippen LogP contribution in [0.4, 0.5) is 0 Å². The van der Waals surface area contributed by atoms with Crippen molar-refractivity contribution in [2.45, 2.75) is 56.5 Å². The number of aliphatic hydroxyl groups is 1. The maximum absolute atomic E-state index is 12.9. The second-order valence-corrected chi connectivity index (χ2v) is 8.66. The molecule has 0 aromatic heterocycles. The molecule has 15 heteroatoms. The fourth-order valence-electron chi connectivity index (χ4n) is 3.07. The van der Waals surface area contributed by atoms with Crippen LogP contribution in [0.15, 0.2) is 29.3 Å². The summed E-state index contributed by atoms with van der Waals surface area (Å²) in [6.45, 7) is 1.48. The van der Waals surface area contributed by atoms with Gasteiger partial charge in [0.2, 0.25) is 17.7 Å². The number of nitrogens with one attached hydrogen (secondary N) is 3. The average Bonchev–Trinajstić information content (AvgIpc) is 2.83. The average molecular weight is 542 g/mol. The number of nitrogens with two attached hydrogens (primary N) is 3. The smallest absolute Gasteiger partial charge is 0.326 e. The molecule has 1 aromatic carbocycles. The largest absolute Gasteiger partial charge is 0.508 e. The van der Waals surface area contributed by atoms with Gasteiger partial charge in [0.25, 0.3) is 0 Å². The number of phenolic OH excluding ortho intramolecular Hbond substituents is 1. The van der Waals surface area contributed by atoms with Gasteiger partial charge in [-0.2, -0.15) is 12.6 Å². The molecule has 1 rings (SSSR count). The van der Waals surface area contributed by atoms with Gasteiger partial charge in [0.05, 0.1) is 6.10 Å². The molecule has 0 aliphatic heterocycles. The molecule has 5 atom stereocenters. The Labute approximate surface area is 219 Å². The monoisotopic (exact) mass is 541 g/mol. The van der Waals surface area contributed by atoms with E-state index in [0.29, 0.717) is 5.56 Å². The summed E-state index contributed by atoms with van der Waals surface area (Å²) in [6.07, 6.45) is -0.899. The lowest BCUT2D eigenvalue weighted by Crippen LogP contribution is -2.58. The minimum atomic E-state index is -1.32. The van der Waals surface area contributed by atoms with Gasteiger partial charge in [-0.05, 0) is 37.5 Å². The molecule has 0 saturated carbocycles. The molecule has 0 fully saturated rings. The number of rotatable bonds is 15. The van der Waals surface area contributed by atoms with Crippen molar-refractivity contribution in [2.75, 3.05) is 12.3 Å². The normalized spacial score (nSPS) is 14.8. The van der Waals surface area contributed by atoms with Crippen molar-refractivity contribution < 1.29 is 34.5 Å². The first-order valence-electron chi connectivity index (χ1n) is 11.4. The molecule has 0 aliphatic carbocycles. The van der Waals surface area contributed by atoms with E-state index in [-0.39, 0.29) is 43.3 Å². The van der Waals surface area contributed by atoms with Gasteiger partial charge in [-0.1, -0.05) is 12.1 Å². The van der Waals surface area contributed by atoms with Crippen LogP contribution in [0, 0.1) is 0 Å². The van der Waals surface area contributed by atoms with Crippen LogP contribution >= 0.6 is 12.6 Å². The Kier molecular flexibility index (Phi) is 13.2. The molecule has 12 N–H and O–H groups in total. The first-order valence-corrected chi connectivity index (χ1v) is 12.0. The predicted molar refractivity (Wildman–Crippen MR) is 139 cm³/mol. The first-order chi connectivity index (χ1) is 17.3. The van der Waals surface area contributed by atoms with Gasteiger partial charge < -0.3 is 48.5 Å². The predicted octanol–water partition coefficient (Wildman–Crippen LogP) is -2.83. The number of benzene rings is 1. The van der Waals surface area contributed by atoms with E-state index in [9.17, 15) is 34.5 Å². The maximum Gasteiger partial charge on any atom is 0.326 e. The molecule has 0 heterocycles. The van der Waals surface area contributed by atoms with E-state index in [1.54, 1.807) is 0 Å². The summed E-state index contributed by atoms with van der Waals surface area (Å²) in [5.74, 6) is -3.96. The minimum absolute atomic E-state index is 0.00635. The highest BCUT2D eigenvalue weighted by molar-refractivity contribution is 7.80. The summed E-state index contributed by atoms with van der Waals surface area (Å²) in [7, 11) is 0. The number of phenols is 1. The summed E-state index contributed by atoms with van der Waals surface area (Å²) in [6, 6.07) is 0.791. The summed E-state index contributed by atoms with van der Waals surface area (Å²) in [5.41, 5.74) is 16.8.